The standard InChI is InChI=1S/C23H14N2/c1-2-7-16-13-19-18(12-15(16)6-1)22-14-17-8-3-4-9-20(17)25(22)21-10-5-11-24-23(19)21/h1-14H. The van der Waals surface area contributed by atoms with Gasteiger partial charge in [-0.15, -0.1) is 0 Å². The predicted molar refractivity (Wildman–Crippen MR) is 105 cm³/mol. The largest absolute Gasteiger partial charge is 0.307 e. The van der Waals surface area contributed by atoms with Crippen molar-refractivity contribution in [3.8, 4) is 0 Å². The van der Waals surface area contributed by atoms with E-state index in [4.69, 9.17) is 4.98 Å². The Labute approximate surface area is 143 Å². The molecule has 0 aliphatic carbocycles. The van der Waals surface area contributed by atoms with E-state index < -0.39 is 0 Å². The molecule has 0 amide bonds. The summed E-state index contributed by atoms with van der Waals surface area (Å²) in [4.78, 5) is 4.73. The molecule has 0 spiro atoms. The van der Waals surface area contributed by atoms with Crippen LogP contribution in [0.5, 0.6) is 0 Å². The summed E-state index contributed by atoms with van der Waals surface area (Å²) < 4.78 is 2.34. The lowest BCUT2D eigenvalue weighted by atomic mass is 10.0. The van der Waals surface area contributed by atoms with E-state index in [-0.39, 0.29) is 0 Å². The van der Waals surface area contributed by atoms with Crippen LogP contribution in [0.2, 0.25) is 0 Å². The first-order valence-corrected chi connectivity index (χ1v) is 8.49. The molecule has 6 rings (SSSR count). The monoisotopic (exact) mass is 318 g/mol. The summed E-state index contributed by atoms with van der Waals surface area (Å²) >= 11 is 0. The van der Waals surface area contributed by atoms with Crippen molar-refractivity contribution in [2.24, 2.45) is 0 Å². The minimum atomic E-state index is 1.05. The molecule has 0 aliphatic heterocycles. The van der Waals surface area contributed by atoms with E-state index in [2.05, 4.69) is 77.2 Å². The molecule has 3 aromatic carbocycles. The molecule has 0 saturated carbocycles. The van der Waals surface area contributed by atoms with E-state index in [9.17, 15) is 0 Å². The Morgan fingerprint density at radius 2 is 1.24 bits per heavy atom. The SMILES string of the molecule is c1ccc2cc3c(cc2c1)c1ncccc1n1c2ccccc2cc31. The zero-order valence-corrected chi connectivity index (χ0v) is 13.5. The molecule has 116 valence electrons. The van der Waals surface area contributed by atoms with Crippen LogP contribution in [-0.2, 0) is 0 Å². The first-order chi connectivity index (χ1) is 12.4. The molecule has 2 heteroatoms. The van der Waals surface area contributed by atoms with E-state index in [0.717, 1.165) is 11.0 Å². The Bertz CT molecular complexity index is 1440. The second-order valence-corrected chi connectivity index (χ2v) is 6.54. The number of aromatic nitrogens is 2. The van der Waals surface area contributed by atoms with Crippen LogP contribution in [0, 0.1) is 0 Å². The minimum Gasteiger partial charge on any atom is -0.307 e. The summed E-state index contributed by atoms with van der Waals surface area (Å²) in [7, 11) is 0. The third-order valence-electron chi connectivity index (χ3n) is 5.16. The number of pyridine rings is 2. The Hall–Kier alpha value is -3.39. The molecule has 2 nitrogen and oxygen atoms in total. The van der Waals surface area contributed by atoms with Crippen molar-refractivity contribution in [2.75, 3.05) is 0 Å². The summed E-state index contributed by atoms with van der Waals surface area (Å²) in [5, 5.41) is 6.24. The first kappa shape index (κ1) is 13.0. The lowest BCUT2D eigenvalue weighted by Crippen LogP contribution is -1.92. The van der Waals surface area contributed by atoms with Gasteiger partial charge in [-0.25, -0.2) is 0 Å². The van der Waals surface area contributed by atoms with E-state index in [1.54, 1.807) is 0 Å². The third kappa shape index (κ3) is 1.66. The molecule has 0 atom stereocenters. The molecule has 0 saturated heterocycles. The van der Waals surface area contributed by atoms with E-state index >= 15 is 0 Å². The summed E-state index contributed by atoms with van der Waals surface area (Å²) in [5.74, 6) is 0. The van der Waals surface area contributed by atoms with Crippen LogP contribution in [0.25, 0.3) is 49.0 Å². The van der Waals surface area contributed by atoms with Crippen LogP contribution in [-0.4, -0.2) is 9.38 Å². The second-order valence-electron chi connectivity index (χ2n) is 6.54. The quantitative estimate of drug-likeness (QED) is 0.250. The normalized spacial score (nSPS) is 12.0. The van der Waals surface area contributed by atoms with Gasteiger partial charge in [-0.2, -0.15) is 0 Å². The van der Waals surface area contributed by atoms with Crippen molar-refractivity contribution >= 4 is 49.0 Å². The molecule has 6 aromatic rings. The molecule has 0 radical (unpaired) electrons. The average Bonchev–Trinajstić information content (AvgIpc) is 3.07. The number of hydrogen-bond acceptors (Lipinski definition) is 1. The maximum atomic E-state index is 4.73. The van der Waals surface area contributed by atoms with Gasteiger partial charge in [0.05, 0.1) is 22.1 Å². The average molecular weight is 318 g/mol. The highest BCUT2D eigenvalue weighted by Gasteiger charge is 2.13. The molecule has 0 aliphatic rings. The zero-order chi connectivity index (χ0) is 16.4. The highest BCUT2D eigenvalue weighted by atomic mass is 14.9. The summed E-state index contributed by atoms with van der Waals surface area (Å²) in [5.41, 5.74) is 4.67. The van der Waals surface area contributed by atoms with Gasteiger partial charge < -0.3 is 4.40 Å². The molecule has 0 unspecified atom stereocenters. The molecule has 3 heterocycles. The maximum absolute atomic E-state index is 4.73. The fourth-order valence-electron chi connectivity index (χ4n) is 4.05. The Morgan fingerprint density at radius 1 is 0.560 bits per heavy atom. The van der Waals surface area contributed by atoms with Crippen LogP contribution < -0.4 is 0 Å². The fourth-order valence-corrected chi connectivity index (χ4v) is 4.05. The first-order valence-electron chi connectivity index (χ1n) is 8.49. The van der Waals surface area contributed by atoms with Crippen molar-refractivity contribution in [2.45, 2.75) is 0 Å². The van der Waals surface area contributed by atoms with Crippen molar-refractivity contribution in [3.63, 3.8) is 0 Å². The number of nitrogens with zero attached hydrogens (tertiary/aromatic N) is 2. The molecule has 0 N–H and O–H groups in total. The van der Waals surface area contributed by atoms with Crippen LogP contribution in [0.15, 0.2) is 85.1 Å². The Kier molecular flexibility index (Phi) is 2.37. The molecule has 0 bridgehead atoms. The van der Waals surface area contributed by atoms with Crippen molar-refractivity contribution in [1.82, 2.24) is 9.38 Å². The number of rotatable bonds is 0. The van der Waals surface area contributed by atoms with Gasteiger partial charge in [0, 0.05) is 22.4 Å². The highest BCUT2D eigenvalue weighted by Crippen LogP contribution is 2.35. The molecule has 3 aromatic heterocycles. The molecular weight excluding hydrogens is 304 g/mol. The van der Waals surface area contributed by atoms with Gasteiger partial charge >= 0.3 is 0 Å². The molecule has 25 heavy (non-hydrogen) atoms. The Morgan fingerprint density at radius 3 is 2.08 bits per heavy atom. The van der Waals surface area contributed by atoms with Gasteiger partial charge in [0.2, 0.25) is 0 Å². The van der Waals surface area contributed by atoms with Gasteiger partial charge in [0.1, 0.15) is 0 Å². The summed E-state index contributed by atoms with van der Waals surface area (Å²) in [6, 6.07) is 28.1. The lowest BCUT2D eigenvalue weighted by Gasteiger charge is -2.10. The molecule has 0 fully saturated rings. The van der Waals surface area contributed by atoms with Gasteiger partial charge in [-0.05, 0) is 47.2 Å². The number of fused-ring (bicyclic) bond motifs is 9. The van der Waals surface area contributed by atoms with Crippen LogP contribution in [0.1, 0.15) is 0 Å². The van der Waals surface area contributed by atoms with Crippen molar-refractivity contribution in [3.05, 3.63) is 85.1 Å². The van der Waals surface area contributed by atoms with Gasteiger partial charge in [0.25, 0.3) is 0 Å². The lowest BCUT2D eigenvalue weighted by molar-refractivity contribution is 1.31. The number of para-hydroxylation sites is 1. The topological polar surface area (TPSA) is 17.3 Å². The fraction of sp³-hybridized carbons (Fsp3) is 0. The van der Waals surface area contributed by atoms with Crippen LogP contribution >= 0.6 is 0 Å². The second kappa shape index (κ2) is 4.58. The molecular formula is C23H14N2. The number of benzene rings is 3. The highest BCUT2D eigenvalue weighted by molar-refractivity contribution is 6.17. The minimum absolute atomic E-state index is 1.05. The summed E-state index contributed by atoms with van der Waals surface area (Å²) in [6.07, 6.45) is 1.88. The van der Waals surface area contributed by atoms with Crippen molar-refractivity contribution in [1.29, 1.82) is 0 Å². The number of hydrogen-bond donors (Lipinski definition) is 0. The zero-order valence-electron chi connectivity index (χ0n) is 13.5. The van der Waals surface area contributed by atoms with Crippen LogP contribution in [0.4, 0.5) is 0 Å². The van der Waals surface area contributed by atoms with E-state index in [1.165, 1.54) is 38.0 Å². The maximum Gasteiger partial charge on any atom is 0.0949 e. The predicted octanol–water partition coefficient (Wildman–Crippen LogP) is 5.95. The van der Waals surface area contributed by atoms with Gasteiger partial charge in [-0.3, -0.25) is 4.98 Å². The van der Waals surface area contributed by atoms with E-state index in [1.807, 2.05) is 12.3 Å². The van der Waals surface area contributed by atoms with Gasteiger partial charge in [0.15, 0.2) is 0 Å². The third-order valence-corrected chi connectivity index (χ3v) is 5.16. The Balaban J connectivity index is 2.01. The smallest absolute Gasteiger partial charge is 0.0949 e. The summed E-state index contributed by atoms with van der Waals surface area (Å²) in [6.45, 7) is 0. The van der Waals surface area contributed by atoms with Gasteiger partial charge in [-0.1, -0.05) is 42.5 Å². The van der Waals surface area contributed by atoms with Crippen LogP contribution in [0.3, 0.4) is 0 Å². The van der Waals surface area contributed by atoms with E-state index in [0.29, 0.717) is 0 Å². The van der Waals surface area contributed by atoms with Crippen molar-refractivity contribution < 1.29 is 0 Å².